The monoisotopic (exact) mass is 240 g/mol. The number of rotatable bonds is 5. The van der Waals surface area contributed by atoms with Crippen molar-refractivity contribution >= 4 is 11.3 Å². The van der Waals surface area contributed by atoms with Gasteiger partial charge in [0.15, 0.2) is 0 Å². The Morgan fingerprint density at radius 3 is 2.62 bits per heavy atom. The number of aromatic nitrogens is 1. The summed E-state index contributed by atoms with van der Waals surface area (Å²) in [5.41, 5.74) is 1.57. The van der Waals surface area contributed by atoms with Gasteiger partial charge in [0.25, 0.3) is 0 Å². The Kier molecular flexibility index (Phi) is 4.93. The van der Waals surface area contributed by atoms with Gasteiger partial charge in [0.05, 0.1) is 10.7 Å². The third kappa shape index (κ3) is 5.61. The highest BCUT2D eigenvalue weighted by Gasteiger charge is 2.13. The lowest BCUT2D eigenvalue weighted by Gasteiger charge is -2.15. The molecule has 0 spiro atoms. The Bertz CT molecular complexity index is 310. The van der Waals surface area contributed by atoms with Crippen molar-refractivity contribution in [3.05, 3.63) is 16.1 Å². The fourth-order valence-corrected chi connectivity index (χ4v) is 2.62. The molecule has 0 aliphatic rings. The SMILES string of the molecule is CC(C)NCCc1csc(CC(C)(C)C)n1. The van der Waals surface area contributed by atoms with Gasteiger partial charge in [0, 0.05) is 30.8 Å². The maximum absolute atomic E-state index is 4.67. The standard InChI is InChI=1S/C13H24N2S/c1-10(2)14-7-6-11-9-16-12(15-11)8-13(3,4)5/h9-10,14H,6-8H2,1-5H3. The molecule has 0 saturated heterocycles. The van der Waals surface area contributed by atoms with E-state index in [2.05, 4.69) is 50.3 Å². The predicted molar refractivity (Wildman–Crippen MR) is 72.1 cm³/mol. The number of nitrogens with zero attached hydrogens (tertiary/aromatic N) is 1. The summed E-state index contributed by atoms with van der Waals surface area (Å²) in [6.45, 7) is 12.1. The van der Waals surface area contributed by atoms with E-state index in [4.69, 9.17) is 0 Å². The van der Waals surface area contributed by atoms with Gasteiger partial charge in [-0.1, -0.05) is 34.6 Å². The van der Waals surface area contributed by atoms with Crippen molar-refractivity contribution in [2.45, 2.75) is 53.5 Å². The highest BCUT2D eigenvalue weighted by molar-refractivity contribution is 7.09. The molecule has 1 aromatic heterocycles. The van der Waals surface area contributed by atoms with E-state index in [0.717, 1.165) is 19.4 Å². The Morgan fingerprint density at radius 1 is 1.38 bits per heavy atom. The summed E-state index contributed by atoms with van der Waals surface area (Å²) < 4.78 is 0. The minimum Gasteiger partial charge on any atom is -0.314 e. The zero-order valence-corrected chi connectivity index (χ0v) is 11.9. The largest absolute Gasteiger partial charge is 0.314 e. The van der Waals surface area contributed by atoms with Crippen molar-refractivity contribution in [1.82, 2.24) is 10.3 Å². The first-order chi connectivity index (χ1) is 7.37. The van der Waals surface area contributed by atoms with Crippen LogP contribution in [0.2, 0.25) is 0 Å². The van der Waals surface area contributed by atoms with Gasteiger partial charge in [0.2, 0.25) is 0 Å². The summed E-state index contributed by atoms with van der Waals surface area (Å²) in [5, 5.41) is 6.88. The van der Waals surface area contributed by atoms with E-state index >= 15 is 0 Å². The average molecular weight is 240 g/mol. The first kappa shape index (κ1) is 13.7. The van der Waals surface area contributed by atoms with E-state index in [-0.39, 0.29) is 0 Å². The van der Waals surface area contributed by atoms with E-state index in [1.54, 1.807) is 11.3 Å². The van der Waals surface area contributed by atoms with Crippen LogP contribution in [0.1, 0.15) is 45.3 Å². The number of nitrogens with one attached hydrogen (secondary N) is 1. The molecule has 1 rings (SSSR count). The topological polar surface area (TPSA) is 24.9 Å². The summed E-state index contributed by atoms with van der Waals surface area (Å²) in [6.07, 6.45) is 2.12. The number of hydrogen-bond donors (Lipinski definition) is 1. The fraction of sp³-hybridized carbons (Fsp3) is 0.769. The minimum atomic E-state index is 0.339. The van der Waals surface area contributed by atoms with Crippen LogP contribution in [-0.2, 0) is 12.8 Å². The van der Waals surface area contributed by atoms with E-state index < -0.39 is 0 Å². The Labute approximate surface area is 103 Å². The molecule has 1 aromatic rings. The van der Waals surface area contributed by atoms with Gasteiger partial charge in [-0.25, -0.2) is 4.98 Å². The third-order valence-corrected chi connectivity index (χ3v) is 3.11. The van der Waals surface area contributed by atoms with Gasteiger partial charge >= 0.3 is 0 Å². The Hall–Kier alpha value is -0.410. The van der Waals surface area contributed by atoms with E-state index in [1.807, 2.05) is 0 Å². The fourth-order valence-electron chi connectivity index (χ4n) is 1.49. The summed E-state index contributed by atoms with van der Waals surface area (Å²) in [6, 6.07) is 0.563. The molecular formula is C13H24N2S. The van der Waals surface area contributed by atoms with Gasteiger partial charge in [-0.2, -0.15) is 0 Å². The zero-order valence-electron chi connectivity index (χ0n) is 11.1. The second-order valence-electron chi connectivity index (χ2n) is 5.83. The Balaban J connectivity index is 2.40. The lowest BCUT2D eigenvalue weighted by atomic mass is 9.93. The van der Waals surface area contributed by atoms with Gasteiger partial charge in [-0.05, 0) is 5.41 Å². The van der Waals surface area contributed by atoms with Crippen LogP contribution in [0.3, 0.4) is 0 Å². The van der Waals surface area contributed by atoms with Gasteiger partial charge in [-0.15, -0.1) is 11.3 Å². The second-order valence-corrected chi connectivity index (χ2v) is 6.77. The van der Waals surface area contributed by atoms with Crippen LogP contribution in [0.4, 0.5) is 0 Å². The van der Waals surface area contributed by atoms with E-state index in [1.165, 1.54) is 10.7 Å². The normalized spacial score (nSPS) is 12.4. The first-order valence-electron chi connectivity index (χ1n) is 6.03. The molecule has 0 aliphatic heterocycles. The van der Waals surface area contributed by atoms with Crippen molar-refractivity contribution in [3.63, 3.8) is 0 Å². The maximum atomic E-state index is 4.67. The van der Waals surface area contributed by atoms with Crippen molar-refractivity contribution in [2.75, 3.05) is 6.54 Å². The minimum absolute atomic E-state index is 0.339. The molecule has 0 saturated carbocycles. The maximum Gasteiger partial charge on any atom is 0.0933 e. The van der Waals surface area contributed by atoms with Crippen LogP contribution in [-0.4, -0.2) is 17.6 Å². The molecule has 0 bridgehead atoms. The van der Waals surface area contributed by atoms with Crippen LogP contribution < -0.4 is 5.32 Å². The second kappa shape index (κ2) is 5.78. The van der Waals surface area contributed by atoms with Gasteiger partial charge in [0.1, 0.15) is 0 Å². The molecule has 0 amide bonds. The first-order valence-corrected chi connectivity index (χ1v) is 6.91. The number of hydrogen-bond acceptors (Lipinski definition) is 3. The van der Waals surface area contributed by atoms with Crippen molar-refractivity contribution in [1.29, 1.82) is 0 Å². The highest BCUT2D eigenvalue weighted by Crippen LogP contribution is 2.22. The van der Waals surface area contributed by atoms with Crippen LogP contribution in [0.5, 0.6) is 0 Å². The molecular weight excluding hydrogens is 216 g/mol. The quantitative estimate of drug-likeness (QED) is 0.854. The molecule has 0 aliphatic carbocycles. The van der Waals surface area contributed by atoms with Crippen molar-refractivity contribution < 1.29 is 0 Å². The summed E-state index contributed by atoms with van der Waals surface area (Å²) >= 11 is 1.80. The van der Waals surface area contributed by atoms with Crippen LogP contribution >= 0.6 is 11.3 Å². The van der Waals surface area contributed by atoms with E-state index in [9.17, 15) is 0 Å². The third-order valence-electron chi connectivity index (χ3n) is 2.21. The molecule has 1 N–H and O–H groups in total. The number of thiazole rings is 1. The molecule has 0 aromatic carbocycles. The van der Waals surface area contributed by atoms with Crippen LogP contribution in [0, 0.1) is 5.41 Å². The van der Waals surface area contributed by atoms with Gasteiger partial charge < -0.3 is 5.32 Å². The van der Waals surface area contributed by atoms with Gasteiger partial charge in [-0.3, -0.25) is 0 Å². The molecule has 2 nitrogen and oxygen atoms in total. The molecule has 3 heteroatoms. The lowest BCUT2D eigenvalue weighted by Crippen LogP contribution is -2.25. The summed E-state index contributed by atoms with van der Waals surface area (Å²) in [5.74, 6) is 0. The molecule has 0 unspecified atom stereocenters. The van der Waals surface area contributed by atoms with Crippen molar-refractivity contribution in [2.24, 2.45) is 5.41 Å². The molecule has 0 atom stereocenters. The van der Waals surface area contributed by atoms with E-state index in [0.29, 0.717) is 11.5 Å². The molecule has 16 heavy (non-hydrogen) atoms. The zero-order chi connectivity index (χ0) is 12.2. The van der Waals surface area contributed by atoms with Crippen LogP contribution in [0.25, 0.3) is 0 Å². The lowest BCUT2D eigenvalue weighted by molar-refractivity contribution is 0.410. The molecule has 0 fully saturated rings. The highest BCUT2D eigenvalue weighted by atomic mass is 32.1. The molecule has 1 heterocycles. The molecule has 0 radical (unpaired) electrons. The smallest absolute Gasteiger partial charge is 0.0933 e. The Morgan fingerprint density at radius 2 is 2.06 bits per heavy atom. The summed E-state index contributed by atoms with van der Waals surface area (Å²) in [4.78, 5) is 4.67. The molecule has 92 valence electrons. The summed E-state index contributed by atoms with van der Waals surface area (Å²) in [7, 11) is 0. The van der Waals surface area contributed by atoms with Crippen molar-refractivity contribution in [3.8, 4) is 0 Å². The predicted octanol–water partition coefficient (Wildman–Crippen LogP) is 3.27. The average Bonchev–Trinajstić information content (AvgIpc) is 2.48. The van der Waals surface area contributed by atoms with Crippen LogP contribution in [0.15, 0.2) is 5.38 Å².